The average molecular weight is 397 g/mol. The first kappa shape index (κ1) is 21.2. The lowest BCUT2D eigenvalue weighted by Crippen LogP contribution is -2.59. The van der Waals surface area contributed by atoms with Gasteiger partial charge in [0.05, 0.1) is 26.0 Å². The maximum absolute atomic E-state index is 11.1. The van der Waals surface area contributed by atoms with Crippen LogP contribution in [0.5, 0.6) is 5.75 Å². The average Bonchev–Trinajstić information content (AvgIpc) is 2.64. The molecule has 2 rings (SSSR count). The van der Waals surface area contributed by atoms with E-state index in [-0.39, 0.29) is 0 Å². The maximum Gasteiger partial charge on any atom is 0.303 e. The number of aliphatic imine (C=N–C) groups is 1. The smallest absolute Gasteiger partial charge is 0.303 e. The summed E-state index contributed by atoms with van der Waals surface area (Å²) in [5, 5.41) is 20.7. The first-order valence-electron chi connectivity index (χ1n) is 8.34. The number of rotatable bonds is 6. The van der Waals surface area contributed by atoms with Gasteiger partial charge in [0.15, 0.2) is 6.10 Å². The van der Waals surface area contributed by atoms with Crippen LogP contribution in [-0.4, -0.2) is 65.3 Å². The van der Waals surface area contributed by atoms with Crippen LogP contribution in [0.4, 0.5) is 0 Å². The van der Waals surface area contributed by atoms with Crippen LogP contribution in [0.3, 0.4) is 0 Å². The van der Waals surface area contributed by atoms with Crippen molar-refractivity contribution in [3.8, 4) is 5.75 Å². The van der Waals surface area contributed by atoms with E-state index in [0.29, 0.717) is 17.3 Å². The normalized spacial score (nSPS) is 28.0. The summed E-state index contributed by atoms with van der Waals surface area (Å²) < 4.78 is 21.0. The third kappa shape index (κ3) is 5.96. The van der Waals surface area contributed by atoms with Crippen LogP contribution in [0.25, 0.3) is 0 Å². The van der Waals surface area contributed by atoms with Gasteiger partial charge in [-0.05, 0) is 36.8 Å². The summed E-state index contributed by atoms with van der Waals surface area (Å²) in [6.45, 7) is 3.28. The van der Waals surface area contributed by atoms with E-state index in [1.165, 1.54) is 20.2 Å². The fourth-order valence-electron chi connectivity index (χ4n) is 2.54. The van der Waals surface area contributed by atoms with E-state index < -0.39 is 36.7 Å². The highest BCUT2D eigenvalue weighted by molar-refractivity contribution is 7.81. The lowest BCUT2D eigenvalue weighted by atomic mass is 9.99. The number of hydrogen-bond donors (Lipinski definition) is 2. The zero-order valence-electron chi connectivity index (χ0n) is 15.3. The summed E-state index contributed by atoms with van der Waals surface area (Å²) in [5.74, 6) is -0.116. The number of benzene rings is 1. The number of carbonyl (C=O) groups is 1. The minimum Gasteiger partial charge on any atom is -0.486 e. The molecule has 27 heavy (non-hydrogen) atoms. The van der Waals surface area contributed by atoms with Crippen molar-refractivity contribution in [2.24, 2.45) is 4.99 Å². The number of nitrogens with zero attached hydrogens (tertiary/aromatic N) is 1. The van der Waals surface area contributed by atoms with Crippen LogP contribution in [0, 0.1) is 0 Å². The van der Waals surface area contributed by atoms with Gasteiger partial charge in [-0.15, -0.1) is 0 Å². The Hall–Kier alpha value is -2.07. The number of thiocarbonyl (C=S) groups is 1. The van der Waals surface area contributed by atoms with Crippen LogP contribution < -0.4 is 4.74 Å². The van der Waals surface area contributed by atoms with Gasteiger partial charge in [0, 0.05) is 6.92 Å². The highest BCUT2D eigenvalue weighted by atomic mass is 32.1. The van der Waals surface area contributed by atoms with Gasteiger partial charge < -0.3 is 29.2 Å². The van der Waals surface area contributed by atoms with Gasteiger partial charge in [0.2, 0.25) is 11.3 Å². The number of carbonyl (C=O) groups excluding carboxylic acids is 1. The molecule has 0 amide bonds. The molecule has 1 fully saturated rings. The Labute approximate surface area is 162 Å². The minimum absolute atomic E-state index is 0.304. The Balaban J connectivity index is 1.95. The first-order valence-corrected chi connectivity index (χ1v) is 8.75. The van der Waals surface area contributed by atoms with E-state index in [0.717, 1.165) is 5.56 Å². The Morgan fingerprint density at radius 3 is 2.56 bits per heavy atom. The third-order valence-electron chi connectivity index (χ3n) is 3.93. The molecule has 0 radical (unpaired) electrons. The Kier molecular flexibility index (Phi) is 7.66. The molecule has 1 aliphatic rings. The molecule has 0 aliphatic carbocycles. The SMILES string of the molecule is COC(=S)/C=N/Cc1ccc(OC2O[C@@H](C)C(OC(C)=O)[C@@H](O)[C@H]2O)cc1. The van der Waals surface area contributed by atoms with Crippen molar-refractivity contribution in [2.75, 3.05) is 7.11 Å². The molecular weight excluding hydrogens is 374 g/mol. The van der Waals surface area contributed by atoms with Crippen molar-refractivity contribution in [3.05, 3.63) is 29.8 Å². The fraction of sp³-hybridized carbons (Fsp3) is 0.500. The third-order valence-corrected chi connectivity index (χ3v) is 4.20. The van der Waals surface area contributed by atoms with E-state index in [4.69, 9.17) is 31.2 Å². The van der Waals surface area contributed by atoms with Gasteiger partial charge >= 0.3 is 5.97 Å². The molecule has 0 bridgehead atoms. The summed E-state index contributed by atoms with van der Waals surface area (Å²) in [6, 6.07) is 7.01. The molecule has 8 nitrogen and oxygen atoms in total. The van der Waals surface area contributed by atoms with E-state index in [9.17, 15) is 15.0 Å². The molecule has 1 aromatic carbocycles. The van der Waals surface area contributed by atoms with Crippen molar-refractivity contribution in [2.45, 2.75) is 51.1 Å². The minimum atomic E-state index is -1.37. The highest BCUT2D eigenvalue weighted by Gasteiger charge is 2.45. The van der Waals surface area contributed by atoms with Crippen molar-refractivity contribution in [1.82, 2.24) is 0 Å². The van der Waals surface area contributed by atoms with Gasteiger partial charge in [-0.2, -0.15) is 0 Å². The molecule has 1 aliphatic heterocycles. The quantitative estimate of drug-likeness (QED) is 0.416. The highest BCUT2D eigenvalue weighted by Crippen LogP contribution is 2.26. The molecule has 148 valence electrons. The molecule has 1 aromatic rings. The fourth-order valence-corrected chi connectivity index (χ4v) is 2.62. The molecule has 9 heteroatoms. The second kappa shape index (κ2) is 9.75. The standard InChI is InChI=1S/C18H23NO7S/c1-10-17(25-11(2)20)15(21)16(22)18(24-10)26-13-6-4-12(5-7-13)8-19-9-14(27)23-3/h4-7,9-10,15-18,21-22H,8H2,1-3H3/b19-9+/t10-,15-,16+,17?,18?/m0/s1. The van der Waals surface area contributed by atoms with E-state index in [1.54, 1.807) is 31.2 Å². The van der Waals surface area contributed by atoms with Crippen LogP contribution >= 0.6 is 12.2 Å². The molecule has 5 atom stereocenters. The topological polar surface area (TPSA) is 107 Å². The predicted octanol–water partition coefficient (Wildman–Crippen LogP) is 1.01. The maximum atomic E-state index is 11.1. The summed E-state index contributed by atoms with van der Waals surface area (Å²) in [5.41, 5.74) is 0.922. The lowest BCUT2D eigenvalue weighted by molar-refractivity contribution is -0.272. The van der Waals surface area contributed by atoms with Gasteiger partial charge in [-0.3, -0.25) is 9.79 Å². The van der Waals surface area contributed by atoms with Crippen LogP contribution in [-0.2, 0) is 25.5 Å². The van der Waals surface area contributed by atoms with Gasteiger partial charge in [0.25, 0.3) is 0 Å². The second-order valence-corrected chi connectivity index (χ2v) is 6.42. The summed E-state index contributed by atoms with van der Waals surface area (Å²) >= 11 is 4.87. The van der Waals surface area contributed by atoms with Crippen molar-refractivity contribution < 1.29 is 34.0 Å². The zero-order chi connectivity index (χ0) is 20.0. The predicted molar refractivity (Wildman–Crippen MR) is 101 cm³/mol. The summed E-state index contributed by atoms with van der Waals surface area (Å²) in [4.78, 5) is 15.3. The second-order valence-electron chi connectivity index (χ2n) is 6.02. The van der Waals surface area contributed by atoms with Crippen molar-refractivity contribution in [3.63, 3.8) is 0 Å². The van der Waals surface area contributed by atoms with E-state index >= 15 is 0 Å². The van der Waals surface area contributed by atoms with Gasteiger partial charge in [0.1, 0.15) is 18.0 Å². The number of methoxy groups -OCH3 is 1. The monoisotopic (exact) mass is 397 g/mol. The Morgan fingerprint density at radius 2 is 1.96 bits per heavy atom. The molecule has 2 N–H and O–H groups in total. The van der Waals surface area contributed by atoms with Crippen LogP contribution in [0.1, 0.15) is 19.4 Å². The lowest BCUT2D eigenvalue weighted by Gasteiger charge is -2.40. The number of esters is 1. The van der Waals surface area contributed by atoms with Crippen LogP contribution in [0.15, 0.2) is 29.3 Å². The summed E-state index contributed by atoms with van der Waals surface area (Å²) in [6.07, 6.45) is -3.92. The van der Waals surface area contributed by atoms with E-state index in [2.05, 4.69) is 4.99 Å². The summed E-state index contributed by atoms with van der Waals surface area (Å²) in [7, 11) is 1.48. The molecule has 1 saturated heterocycles. The molecule has 0 spiro atoms. The number of hydrogen-bond acceptors (Lipinski definition) is 9. The van der Waals surface area contributed by atoms with E-state index in [1.807, 2.05) is 0 Å². The van der Waals surface area contributed by atoms with Crippen LogP contribution in [0.2, 0.25) is 0 Å². The van der Waals surface area contributed by atoms with Crippen molar-refractivity contribution in [1.29, 1.82) is 0 Å². The molecule has 0 saturated carbocycles. The Bertz CT molecular complexity index is 679. The largest absolute Gasteiger partial charge is 0.486 e. The number of ether oxygens (including phenoxy) is 4. The number of aliphatic hydroxyl groups excluding tert-OH is 2. The van der Waals surface area contributed by atoms with Gasteiger partial charge in [-0.25, -0.2) is 0 Å². The molecule has 0 aromatic heterocycles. The Morgan fingerprint density at radius 1 is 1.30 bits per heavy atom. The first-order chi connectivity index (χ1) is 12.8. The van der Waals surface area contributed by atoms with Crippen molar-refractivity contribution >= 4 is 29.5 Å². The zero-order valence-corrected chi connectivity index (χ0v) is 16.1. The molecular formula is C18H23NO7S. The molecule has 2 unspecified atom stereocenters. The molecule has 1 heterocycles. The number of aliphatic hydroxyl groups is 2. The van der Waals surface area contributed by atoms with Gasteiger partial charge in [-0.1, -0.05) is 12.1 Å².